The summed E-state index contributed by atoms with van der Waals surface area (Å²) >= 11 is 1.26. The van der Waals surface area contributed by atoms with E-state index in [1.165, 1.54) is 23.3 Å². The number of nitrogens with zero attached hydrogens (tertiary/aromatic N) is 1. The molecular formula is C18H20N2O5S. The minimum Gasteiger partial charge on any atom is -0.481 e. The molecular weight excluding hydrogens is 356 g/mol. The van der Waals surface area contributed by atoms with Gasteiger partial charge in [0.1, 0.15) is 5.00 Å². The van der Waals surface area contributed by atoms with Gasteiger partial charge in [0, 0.05) is 18.5 Å². The highest BCUT2D eigenvalue weighted by Crippen LogP contribution is 2.36. The smallest absolute Gasteiger partial charge is 0.341 e. The first kappa shape index (κ1) is 19.5. The number of anilines is 1. The van der Waals surface area contributed by atoms with Gasteiger partial charge in [-0.05, 0) is 18.6 Å². The SMILES string of the molecule is CCOC(=O)c1cc(-c2ccccc2)sc1NC(=O)N(C)CCC(=O)O. The molecule has 0 atom stereocenters. The minimum atomic E-state index is -0.987. The fraction of sp³-hybridized carbons (Fsp3) is 0.278. The number of carbonyl (C=O) groups is 3. The summed E-state index contributed by atoms with van der Waals surface area (Å²) in [6, 6.07) is 10.7. The quantitative estimate of drug-likeness (QED) is 0.721. The Morgan fingerprint density at radius 2 is 1.92 bits per heavy atom. The number of hydrogen-bond acceptors (Lipinski definition) is 5. The van der Waals surface area contributed by atoms with Crippen LogP contribution in [0.2, 0.25) is 0 Å². The van der Waals surface area contributed by atoms with E-state index in [9.17, 15) is 14.4 Å². The molecule has 0 aliphatic rings. The Morgan fingerprint density at radius 3 is 2.54 bits per heavy atom. The number of esters is 1. The van der Waals surface area contributed by atoms with Crippen molar-refractivity contribution in [3.05, 3.63) is 42.0 Å². The Labute approximate surface area is 155 Å². The molecule has 0 radical (unpaired) electrons. The Kier molecular flexibility index (Phi) is 6.74. The van der Waals surface area contributed by atoms with Gasteiger partial charge in [-0.3, -0.25) is 10.1 Å². The third kappa shape index (κ3) is 5.06. The maximum absolute atomic E-state index is 12.3. The highest BCUT2D eigenvalue weighted by atomic mass is 32.1. The van der Waals surface area contributed by atoms with E-state index in [0.29, 0.717) is 5.00 Å². The lowest BCUT2D eigenvalue weighted by atomic mass is 10.1. The van der Waals surface area contributed by atoms with E-state index in [0.717, 1.165) is 10.4 Å². The van der Waals surface area contributed by atoms with Crippen LogP contribution in [-0.4, -0.2) is 48.2 Å². The summed E-state index contributed by atoms with van der Waals surface area (Å²) in [6.07, 6.45) is -0.158. The lowest BCUT2D eigenvalue weighted by Crippen LogP contribution is -2.33. The predicted molar refractivity (Wildman–Crippen MR) is 99.6 cm³/mol. The Morgan fingerprint density at radius 1 is 1.23 bits per heavy atom. The van der Waals surface area contributed by atoms with Gasteiger partial charge < -0.3 is 14.7 Å². The summed E-state index contributed by atoms with van der Waals surface area (Å²) in [7, 11) is 1.49. The molecule has 0 saturated heterocycles. The number of carboxylic acid groups (broad SMARTS) is 1. The molecule has 2 N–H and O–H groups in total. The second-order valence-electron chi connectivity index (χ2n) is 5.44. The van der Waals surface area contributed by atoms with Crippen LogP contribution in [0.4, 0.5) is 9.80 Å². The number of aliphatic carboxylic acids is 1. The van der Waals surface area contributed by atoms with E-state index in [1.807, 2.05) is 30.3 Å². The van der Waals surface area contributed by atoms with Crippen molar-refractivity contribution in [2.75, 3.05) is 25.5 Å². The molecule has 0 fully saturated rings. The van der Waals surface area contributed by atoms with E-state index < -0.39 is 18.0 Å². The normalized spacial score (nSPS) is 10.2. The molecule has 2 aromatic rings. The lowest BCUT2D eigenvalue weighted by molar-refractivity contribution is -0.137. The zero-order chi connectivity index (χ0) is 19.1. The molecule has 2 rings (SSSR count). The van der Waals surface area contributed by atoms with E-state index in [2.05, 4.69) is 5.32 Å². The first-order valence-corrected chi connectivity index (χ1v) is 8.84. The zero-order valence-corrected chi connectivity index (χ0v) is 15.3. The van der Waals surface area contributed by atoms with Crippen molar-refractivity contribution in [2.45, 2.75) is 13.3 Å². The van der Waals surface area contributed by atoms with Crippen molar-refractivity contribution in [1.29, 1.82) is 0 Å². The summed E-state index contributed by atoms with van der Waals surface area (Å²) in [4.78, 5) is 37.2. The molecule has 0 aliphatic carbocycles. The van der Waals surface area contributed by atoms with Crippen molar-refractivity contribution < 1.29 is 24.2 Å². The molecule has 8 heteroatoms. The summed E-state index contributed by atoms with van der Waals surface area (Å²) < 4.78 is 5.06. The largest absolute Gasteiger partial charge is 0.481 e. The number of thiophene rings is 1. The molecule has 7 nitrogen and oxygen atoms in total. The molecule has 138 valence electrons. The van der Waals surface area contributed by atoms with E-state index in [4.69, 9.17) is 9.84 Å². The van der Waals surface area contributed by atoms with Crippen LogP contribution in [0, 0.1) is 0 Å². The van der Waals surface area contributed by atoms with Crippen LogP contribution in [0.25, 0.3) is 10.4 Å². The second-order valence-corrected chi connectivity index (χ2v) is 6.49. The van der Waals surface area contributed by atoms with Gasteiger partial charge in [0.15, 0.2) is 0 Å². The average Bonchev–Trinajstić information content (AvgIpc) is 3.04. The van der Waals surface area contributed by atoms with Gasteiger partial charge in [0.25, 0.3) is 0 Å². The Bertz CT molecular complexity index is 788. The van der Waals surface area contributed by atoms with Crippen LogP contribution in [0.3, 0.4) is 0 Å². The van der Waals surface area contributed by atoms with E-state index in [-0.39, 0.29) is 25.1 Å². The van der Waals surface area contributed by atoms with Crippen molar-refractivity contribution in [3.63, 3.8) is 0 Å². The fourth-order valence-electron chi connectivity index (χ4n) is 2.15. The fourth-order valence-corrected chi connectivity index (χ4v) is 3.19. The maximum atomic E-state index is 12.3. The molecule has 0 aliphatic heterocycles. The van der Waals surface area contributed by atoms with E-state index in [1.54, 1.807) is 13.0 Å². The molecule has 1 aromatic heterocycles. The van der Waals surface area contributed by atoms with Crippen LogP contribution in [0.15, 0.2) is 36.4 Å². The molecule has 1 heterocycles. The summed E-state index contributed by atoms with van der Waals surface area (Å²) in [5.41, 5.74) is 1.19. The zero-order valence-electron chi connectivity index (χ0n) is 14.5. The van der Waals surface area contributed by atoms with Crippen LogP contribution in [0.1, 0.15) is 23.7 Å². The van der Waals surface area contributed by atoms with Crippen molar-refractivity contribution in [2.24, 2.45) is 0 Å². The van der Waals surface area contributed by atoms with Crippen molar-refractivity contribution in [3.8, 4) is 10.4 Å². The van der Waals surface area contributed by atoms with Gasteiger partial charge in [0.05, 0.1) is 18.6 Å². The topological polar surface area (TPSA) is 95.9 Å². The number of carboxylic acids is 1. The minimum absolute atomic E-state index is 0.0623. The van der Waals surface area contributed by atoms with Gasteiger partial charge in [0.2, 0.25) is 0 Å². The lowest BCUT2D eigenvalue weighted by Gasteiger charge is -2.16. The van der Waals surface area contributed by atoms with Crippen molar-refractivity contribution in [1.82, 2.24) is 4.90 Å². The van der Waals surface area contributed by atoms with Crippen LogP contribution >= 0.6 is 11.3 Å². The first-order valence-electron chi connectivity index (χ1n) is 8.02. The number of urea groups is 1. The number of carbonyl (C=O) groups excluding carboxylic acids is 2. The third-order valence-electron chi connectivity index (χ3n) is 3.51. The molecule has 0 bridgehead atoms. The number of nitrogens with one attached hydrogen (secondary N) is 1. The van der Waals surface area contributed by atoms with Gasteiger partial charge >= 0.3 is 18.0 Å². The van der Waals surface area contributed by atoms with Crippen LogP contribution in [0.5, 0.6) is 0 Å². The van der Waals surface area contributed by atoms with Crippen LogP contribution < -0.4 is 5.32 Å². The second kappa shape index (κ2) is 9.00. The highest BCUT2D eigenvalue weighted by molar-refractivity contribution is 7.20. The number of benzene rings is 1. The number of hydrogen-bond donors (Lipinski definition) is 2. The number of rotatable bonds is 7. The van der Waals surface area contributed by atoms with Gasteiger partial charge in [-0.2, -0.15) is 0 Å². The average molecular weight is 376 g/mol. The predicted octanol–water partition coefficient (Wildman–Crippen LogP) is 3.53. The molecule has 1 aromatic carbocycles. The molecule has 0 saturated carbocycles. The Hall–Kier alpha value is -2.87. The molecule has 2 amide bonds. The Balaban J connectivity index is 2.25. The molecule has 0 unspecified atom stereocenters. The standard InChI is InChI=1S/C18H20N2O5S/c1-3-25-17(23)13-11-14(12-7-5-4-6-8-12)26-16(13)19-18(24)20(2)10-9-15(21)22/h4-8,11H,3,9-10H2,1-2H3,(H,19,24)(H,21,22). The monoisotopic (exact) mass is 376 g/mol. The summed E-state index contributed by atoms with van der Waals surface area (Å²) in [6.45, 7) is 1.99. The highest BCUT2D eigenvalue weighted by Gasteiger charge is 2.21. The molecule has 0 spiro atoms. The first-order chi connectivity index (χ1) is 12.4. The van der Waals surface area contributed by atoms with Crippen LogP contribution in [-0.2, 0) is 9.53 Å². The van der Waals surface area contributed by atoms with E-state index >= 15 is 0 Å². The summed E-state index contributed by atoms with van der Waals surface area (Å²) in [5, 5.41) is 11.8. The third-order valence-corrected chi connectivity index (χ3v) is 4.61. The molecule has 26 heavy (non-hydrogen) atoms. The van der Waals surface area contributed by atoms with Gasteiger partial charge in [-0.1, -0.05) is 30.3 Å². The number of amides is 2. The van der Waals surface area contributed by atoms with Crippen molar-refractivity contribution >= 4 is 34.3 Å². The van der Waals surface area contributed by atoms with Gasteiger partial charge in [-0.15, -0.1) is 11.3 Å². The number of ether oxygens (including phenoxy) is 1. The van der Waals surface area contributed by atoms with Gasteiger partial charge in [-0.25, -0.2) is 9.59 Å². The summed E-state index contributed by atoms with van der Waals surface area (Å²) in [5.74, 6) is -1.51. The maximum Gasteiger partial charge on any atom is 0.341 e.